The SMILES string of the molecule is O=C(/C=C/c1cc2ccccc2o1)NCCc1ccccn1. The molecule has 1 amide bonds. The summed E-state index contributed by atoms with van der Waals surface area (Å²) >= 11 is 0. The number of carbonyl (C=O) groups is 1. The molecule has 110 valence electrons. The van der Waals surface area contributed by atoms with Gasteiger partial charge in [0.05, 0.1) is 0 Å². The Labute approximate surface area is 128 Å². The Balaban J connectivity index is 1.52. The number of aromatic nitrogens is 1. The highest BCUT2D eigenvalue weighted by Gasteiger charge is 2.01. The Kier molecular flexibility index (Phi) is 4.30. The number of nitrogens with zero attached hydrogens (tertiary/aromatic N) is 1. The lowest BCUT2D eigenvalue weighted by molar-refractivity contribution is -0.116. The van der Waals surface area contributed by atoms with Gasteiger partial charge in [0.2, 0.25) is 5.91 Å². The molecule has 0 unspecified atom stereocenters. The molecule has 0 aliphatic rings. The summed E-state index contributed by atoms with van der Waals surface area (Å²) in [5, 5.41) is 3.85. The van der Waals surface area contributed by atoms with Crippen molar-refractivity contribution >= 4 is 23.0 Å². The number of pyridine rings is 1. The van der Waals surface area contributed by atoms with E-state index in [-0.39, 0.29) is 5.91 Å². The van der Waals surface area contributed by atoms with Crippen molar-refractivity contribution in [2.75, 3.05) is 6.54 Å². The maximum Gasteiger partial charge on any atom is 0.244 e. The van der Waals surface area contributed by atoms with Gasteiger partial charge in [-0.05, 0) is 30.3 Å². The second-order valence-electron chi connectivity index (χ2n) is 4.88. The molecule has 1 N–H and O–H groups in total. The van der Waals surface area contributed by atoms with Crippen LogP contribution in [0.3, 0.4) is 0 Å². The lowest BCUT2D eigenvalue weighted by Crippen LogP contribution is -2.23. The molecule has 3 rings (SSSR count). The van der Waals surface area contributed by atoms with E-state index in [4.69, 9.17) is 4.42 Å². The van der Waals surface area contributed by atoms with Crippen LogP contribution in [-0.2, 0) is 11.2 Å². The molecule has 0 aliphatic heterocycles. The molecule has 1 aromatic carbocycles. The first-order valence-electron chi connectivity index (χ1n) is 7.16. The van der Waals surface area contributed by atoms with Gasteiger partial charge >= 0.3 is 0 Å². The van der Waals surface area contributed by atoms with Crippen molar-refractivity contribution in [3.05, 3.63) is 72.3 Å². The second kappa shape index (κ2) is 6.72. The summed E-state index contributed by atoms with van der Waals surface area (Å²) < 4.78 is 5.62. The number of amides is 1. The largest absolute Gasteiger partial charge is 0.457 e. The third-order valence-electron chi connectivity index (χ3n) is 3.25. The minimum Gasteiger partial charge on any atom is -0.457 e. The summed E-state index contributed by atoms with van der Waals surface area (Å²) in [6.07, 6.45) is 5.62. The predicted octanol–water partition coefficient (Wildman–Crippen LogP) is 3.20. The molecule has 0 atom stereocenters. The molecule has 0 spiro atoms. The van der Waals surface area contributed by atoms with E-state index in [2.05, 4.69) is 10.3 Å². The zero-order valence-electron chi connectivity index (χ0n) is 12.0. The fraction of sp³-hybridized carbons (Fsp3) is 0.111. The van der Waals surface area contributed by atoms with E-state index in [1.165, 1.54) is 6.08 Å². The van der Waals surface area contributed by atoms with Crippen LogP contribution >= 0.6 is 0 Å². The van der Waals surface area contributed by atoms with Crippen LogP contribution in [0, 0.1) is 0 Å². The summed E-state index contributed by atoms with van der Waals surface area (Å²) in [5.74, 6) is 0.525. The number of benzene rings is 1. The Bertz CT molecular complexity index is 758. The van der Waals surface area contributed by atoms with Crippen molar-refractivity contribution in [3.63, 3.8) is 0 Å². The van der Waals surface area contributed by atoms with Gasteiger partial charge in [0.25, 0.3) is 0 Å². The Morgan fingerprint density at radius 1 is 1.18 bits per heavy atom. The third kappa shape index (κ3) is 3.61. The number of para-hydroxylation sites is 1. The maximum atomic E-state index is 11.8. The summed E-state index contributed by atoms with van der Waals surface area (Å²) in [6.45, 7) is 0.556. The van der Waals surface area contributed by atoms with Gasteiger partial charge in [-0.15, -0.1) is 0 Å². The molecule has 2 aromatic heterocycles. The van der Waals surface area contributed by atoms with Gasteiger partial charge in [0, 0.05) is 36.3 Å². The molecular formula is C18H16N2O2. The molecule has 4 heteroatoms. The van der Waals surface area contributed by atoms with Gasteiger partial charge < -0.3 is 9.73 Å². The van der Waals surface area contributed by atoms with Crippen LogP contribution in [0.5, 0.6) is 0 Å². The van der Waals surface area contributed by atoms with Gasteiger partial charge in [0.15, 0.2) is 0 Å². The molecule has 0 fully saturated rings. The van der Waals surface area contributed by atoms with Gasteiger partial charge in [-0.1, -0.05) is 24.3 Å². The van der Waals surface area contributed by atoms with Crippen LogP contribution in [-0.4, -0.2) is 17.4 Å². The number of furan rings is 1. The smallest absolute Gasteiger partial charge is 0.244 e. The first-order chi connectivity index (χ1) is 10.8. The van der Waals surface area contributed by atoms with E-state index in [9.17, 15) is 4.79 Å². The average molecular weight is 292 g/mol. The minimum absolute atomic E-state index is 0.142. The summed E-state index contributed by atoms with van der Waals surface area (Å²) in [6, 6.07) is 15.4. The Hall–Kier alpha value is -2.88. The van der Waals surface area contributed by atoms with Crippen molar-refractivity contribution in [2.24, 2.45) is 0 Å². The lowest BCUT2D eigenvalue weighted by Gasteiger charge is -2.01. The fourth-order valence-corrected chi connectivity index (χ4v) is 2.16. The van der Waals surface area contributed by atoms with Crippen molar-refractivity contribution < 1.29 is 9.21 Å². The molecular weight excluding hydrogens is 276 g/mol. The lowest BCUT2D eigenvalue weighted by atomic mass is 10.2. The molecule has 2 heterocycles. The summed E-state index contributed by atoms with van der Waals surface area (Å²) in [4.78, 5) is 16.0. The number of fused-ring (bicyclic) bond motifs is 1. The second-order valence-corrected chi connectivity index (χ2v) is 4.88. The van der Waals surface area contributed by atoms with Gasteiger partial charge in [-0.25, -0.2) is 0 Å². The van der Waals surface area contributed by atoms with Crippen LogP contribution in [0.25, 0.3) is 17.0 Å². The molecule has 0 radical (unpaired) electrons. The molecule has 0 saturated heterocycles. The van der Waals surface area contributed by atoms with Crippen molar-refractivity contribution in [3.8, 4) is 0 Å². The minimum atomic E-state index is -0.142. The molecule has 0 bridgehead atoms. The highest BCUT2D eigenvalue weighted by Crippen LogP contribution is 2.19. The topological polar surface area (TPSA) is 55.1 Å². The third-order valence-corrected chi connectivity index (χ3v) is 3.25. The Morgan fingerprint density at radius 3 is 2.86 bits per heavy atom. The quantitative estimate of drug-likeness (QED) is 0.735. The van der Waals surface area contributed by atoms with Crippen LogP contribution in [0.15, 0.2) is 65.2 Å². The van der Waals surface area contributed by atoms with Crippen molar-refractivity contribution in [1.82, 2.24) is 10.3 Å². The van der Waals surface area contributed by atoms with Crippen LogP contribution in [0.2, 0.25) is 0 Å². The van der Waals surface area contributed by atoms with Crippen LogP contribution in [0.1, 0.15) is 11.5 Å². The van der Waals surface area contributed by atoms with E-state index in [0.717, 1.165) is 16.7 Å². The molecule has 0 saturated carbocycles. The monoisotopic (exact) mass is 292 g/mol. The predicted molar refractivity (Wildman–Crippen MR) is 86.2 cm³/mol. The van der Waals surface area contributed by atoms with E-state index >= 15 is 0 Å². The first-order valence-corrected chi connectivity index (χ1v) is 7.16. The number of hydrogen-bond acceptors (Lipinski definition) is 3. The average Bonchev–Trinajstić information content (AvgIpc) is 2.97. The first kappa shape index (κ1) is 14.1. The fourth-order valence-electron chi connectivity index (χ4n) is 2.16. The Morgan fingerprint density at radius 2 is 2.05 bits per heavy atom. The van der Waals surface area contributed by atoms with E-state index < -0.39 is 0 Å². The van der Waals surface area contributed by atoms with Gasteiger partial charge in [-0.2, -0.15) is 0 Å². The zero-order chi connectivity index (χ0) is 15.2. The van der Waals surface area contributed by atoms with Gasteiger partial charge in [-0.3, -0.25) is 9.78 Å². The molecule has 3 aromatic rings. The van der Waals surface area contributed by atoms with Crippen LogP contribution < -0.4 is 5.32 Å². The summed E-state index contributed by atoms with van der Waals surface area (Å²) in [7, 11) is 0. The number of hydrogen-bond donors (Lipinski definition) is 1. The van der Waals surface area contributed by atoms with E-state index in [1.54, 1.807) is 12.3 Å². The van der Waals surface area contributed by atoms with Crippen molar-refractivity contribution in [1.29, 1.82) is 0 Å². The zero-order valence-corrected chi connectivity index (χ0v) is 12.0. The van der Waals surface area contributed by atoms with E-state index in [1.807, 2.05) is 48.5 Å². The normalized spacial score (nSPS) is 11.1. The number of nitrogens with one attached hydrogen (secondary N) is 1. The van der Waals surface area contributed by atoms with E-state index in [0.29, 0.717) is 18.7 Å². The molecule has 22 heavy (non-hydrogen) atoms. The highest BCUT2D eigenvalue weighted by molar-refractivity contribution is 5.92. The number of carbonyl (C=O) groups excluding carboxylic acids is 1. The maximum absolute atomic E-state index is 11.8. The highest BCUT2D eigenvalue weighted by atomic mass is 16.3. The summed E-state index contributed by atoms with van der Waals surface area (Å²) in [5.41, 5.74) is 1.78. The van der Waals surface area contributed by atoms with Crippen LogP contribution in [0.4, 0.5) is 0 Å². The molecule has 4 nitrogen and oxygen atoms in total. The standard InChI is InChI=1S/C18H16N2O2/c21-18(20-12-10-15-6-3-4-11-19-15)9-8-16-13-14-5-1-2-7-17(14)22-16/h1-9,11,13H,10,12H2,(H,20,21)/b9-8+. The number of rotatable bonds is 5. The van der Waals surface area contributed by atoms with Crippen molar-refractivity contribution in [2.45, 2.75) is 6.42 Å². The van der Waals surface area contributed by atoms with Gasteiger partial charge in [0.1, 0.15) is 11.3 Å². The molecule has 0 aliphatic carbocycles.